The first kappa shape index (κ1) is 17.3. The van der Waals surface area contributed by atoms with Gasteiger partial charge in [0.15, 0.2) is 0 Å². The Balaban J connectivity index is 1.96. The summed E-state index contributed by atoms with van der Waals surface area (Å²) in [5.41, 5.74) is 8.92. The molecule has 0 heteroatoms. The molecule has 0 amide bonds. The van der Waals surface area contributed by atoms with Crippen LogP contribution in [0.15, 0.2) is 48.5 Å². The van der Waals surface area contributed by atoms with Crippen LogP contribution >= 0.6 is 0 Å². The quantitative estimate of drug-likeness (QED) is 0.430. The molecule has 0 saturated heterocycles. The molecule has 0 saturated carbocycles. The van der Waals surface area contributed by atoms with E-state index in [9.17, 15) is 0 Å². The van der Waals surface area contributed by atoms with Crippen molar-refractivity contribution in [2.45, 2.75) is 65.2 Å². The second-order valence-electron chi connectivity index (χ2n) is 9.55. The summed E-state index contributed by atoms with van der Waals surface area (Å²) in [6.45, 7) is 14.0. The monoisotopic (exact) mass is 342 g/mol. The average Bonchev–Trinajstić information content (AvgIpc) is 2.59. The lowest BCUT2D eigenvalue weighted by Gasteiger charge is -2.42. The van der Waals surface area contributed by atoms with Gasteiger partial charge in [-0.3, -0.25) is 0 Å². The van der Waals surface area contributed by atoms with Gasteiger partial charge in [-0.25, -0.2) is 0 Å². The second kappa shape index (κ2) is 5.71. The number of hydrogen-bond acceptors (Lipinski definition) is 0. The van der Waals surface area contributed by atoms with Crippen LogP contribution in [0.5, 0.6) is 0 Å². The number of hydrogen-bond donors (Lipinski definition) is 0. The van der Waals surface area contributed by atoms with Gasteiger partial charge < -0.3 is 0 Å². The van der Waals surface area contributed by atoms with Crippen molar-refractivity contribution in [3.05, 3.63) is 70.8 Å². The summed E-state index contributed by atoms with van der Waals surface area (Å²) in [6, 6.07) is 18.6. The molecule has 3 aromatic rings. The highest BCUT2D eigenvalue weighted by Gasteiger charge is 2.37. The summed E-state index contributed by atoms with van der Waals surface area (Å²) in [4.78, 5) is 0. The van der Waals surface area contributed by atoms with E-state index in [1.165, 1.54) is 45.9 Å². The van der Waals surface area contributed by atoms with Gasteiger partial charge in [0.2, 0.25) is 0 Å². The van der Waals surface area contributed by atoms with E-state index in [0.29, 0.717) is 0 Å². The van der Waals surface area contributed by atoms with Crippen LogP contribution in [-0.2, 0) is 10.8 Å². The smallest absolute Gasteiger partial charge is 0.0100 e. The van der Waals surface area contributed by atoms with E-state index in [2.05, 4.69) is 90.1 Å². The van der Waals surface area contributed by atoms with Crippen LogP contribution in [0, 0.1) is 13.8 Å². The predicted octanol–water partition coefficient (Wildman–Crippen LogP) is 7.47. The maximum atomic E-state index is 2.49. The Morgan fingerprint density at radius 1 is 0.654 bits per heavy atom. The van der Waals surface area contributed by atoms with Crippen LogP contribution in [0.1, 0.15) is 62.8 Å². The van der Waals surface area contributed by atoms with E-state index in [4.69, 9.17) is 0 Å². The van der Waals surface area contributed by atoms with Crippen molar-refractivity contribution < 1.29 is 0 Å². The van der Waals surface area contributed by atoms with Crippen molar-refractivity contribution in [3.8, 4) is 11.1 Å². The Morgan fingerprint density at radius 2 is 1.23 bits per heavy atom. The molecule has 1 aliphatic carbocycles. The first-order valence-corrected chi connectivity index (χ1v) is 9.84. The molecule has 0 radical (unpaired) electrons. The van der Waals surface area contributed by atoms with Crippen LogP contribution in [0.25, 0.3) is 21.9 Å². The number of aryl methyl sites for hydroxylation is 2. The standard InChI is InChI=1S/C26H30/c1-17-7-9-19(10-8-17)20-13-18(2)22-16-24-23(15-21(22)14-20)25(3,4)11-12-26(24,5)6/h7-10,13-16H,11-12H2,1-6H3. The van der Waals surface area contributed by atoms with E-state index in [1.807, 2.05) is 0 Å². The Morgan fingerprint density at radius 3 is 1.85 bits per heavy atom. The molecule has 0 fully saturated rings. The fraction of sp³-hybridized carbons (Fsp3) is 0.385. The van der Waals surface area contributed by atoms with Crippen LogP contribution in [0.3, 0.4) is 0 Å². The lowest BCUT2D eigenvalue weighted by molar-refractivity contribution is 0.332. The normalized spacial score (nSPS) is 17.9. The van der Waals surface area contributed by atoms with Crippen LogP contribution in [0.4, 0.5) is 0 Å². The zero-order chi connectivity index (χ0) is 18.7. The van der Waals surface area contributed by atoms with Crippen molar-refractivity contribution in [1.29, 1.82) is 0 Å². The molecular weight excluding hydrogens is 312 g/mol. The first-order valence-electron chi connectivity index (χ1n) is 9.84. The van der Waals surface area contributed by atoms with Gasteiger partial charge in [0.05, 0.1) is 0 Å². The molecule has 26 heavy (non-hydrogen) atoms. The van der Waals surface area contributed by atoms with Gasteiger partial charge in [-0.1, -0.05) is 75.7 Å². The zero-order valence-electron chi connectivity index (χ0n) is 17.0. The van der Waals surface area contributed by atoms with Gasteiger partial charge in [0, 0.05) is 0 Å². The highest BCUT2D eigenvalue weighted by molar-refractivity contribution is 5.92. The molecule has 0 spiro atoms. The SMILES string of the molecule is Cc1ccc(-c2cc(C)c3cc4c(cc3c2)C(C)(C)CCC4(C)C)cc1. The Hall–Kier alpha value is -2.08. The van der Waals surface area contributed by atoms with Crippen molar-refractivity contribution in [2.24, 2.45) is 0 Å². The highest BCUT2D eigenvalue weighted by atomic mass is 14.4. The Labute approximate surface area is 158 Å². The number of rotatable bonds is 1. The van der Waals surface area contributed by atoms with Crippen LogP contribution in [0.2, 0.25) is 0 Å². The maximum Gasteiger partial charge on any atom is -0.0100 e. The topological polar surface area (TPSA) is 0 Å². The summed E-state index contributed by atoms with van der Waals surface area (Å²) < 4.78 is 0. The summed E-state index contributed by atoms with van der Waals surface area (Å²) in [6.07, 6.45) is 2.52. The van der Waals surface area contributed by atoms with Gasteiger partial charge in [0.1, 0.15) is 0 Å². The molecule has 0 atom stereocenters. The third kappa shape index (κ3) is 2.76. The third-order valence-corrected chi connectivity index (χ3v) is 6.52. The Kier molecular flexibility index (Phi) is 3.81. The van der Waals surface area contributed by atoms with Crippen LogP contribution in [-0.4, -0.2) is 0 Å². The summed E-state index contributed by atoms with van der Waals surface area (Å²) in [5.74, 6) is 0. The number of benzene rings is 3. The fourth-order valence-corrected chi connectivity index (χ4v) is 4.52. The van der Waals surface area contributed by atoms with Crippen molar-refractivity contribution in [2.75, 3.05) is 0 Å². The minimum atomic E-state index is 0.257. The van der Waals surface area contributed by atoms with E-state index < -0.39 is 0 Å². The maximum absolute atomic E-state index is 2.49. The van der Waals surface area contributed by atoms with Crippen molar-refractivity contribution in [3.63, 3.8) is 0 Å². The van der Waals surface area contributed by atoms with Gasteiger partial charge in [-0.15, -0.1) is 0 Å². The predicted molar refractivity (Wildman–Crippen MR) is 114 cm³/mol. The third-order valence-electron chi connectivity index (χ3n) is 6.52. The minimum Gasteiger partial charge on any atom is -0.0587 e. The van der Waals surface area contributed by atoms with Gasteiger partial charge in [-0.05, 0) is 82.2 Å². The van der Waals surface area contributed by atoms with E-state index in [-0.39, 0.29) is 10.8 Å². The van der Waals surface area contributed by atoms with Crippen LogP contribution < -0.4 is 0 Å². The molecular formula is C26H30. The van der Waals surface area contributed by atoms with Gasteiger partial charge in [0.25, 0.3) is 0 Å². The minimum absolute atomic E-state index is 0.257. The summed E-state index contributed by atoms with van der Waals surface area (Å²) in [5, 5.41) is 2.79. The van der Waals surface area contributed by atoms with Gasteiger partial charge in [-0.2, -0.15) is 0 Å². The lowest BCUT2D eigenvalue weighted by atomic mass is 9.62. The van der Waals surface area contributed by atoms with Crippen molar-refractivity contribution >= 4 is 10.8 Å². The average molecular weight is 343 g/mol. The molecule has 0 N–H and O–H groups in total. The highest BCUT2D eigenvalue weighted by Crippen LogP contribution is 2.47. The molecule has 134 valence electrons. The van der Waals surface area contributed by atoms with Gasteiger partial charge >= 0.3 is 0 Å². The first-order chi connectivity index (χ1) is 12.2. The summed E-state index contributed by atoms with van der Waals surface area (Å²) >= 11 is 0. The molecule has 0 bridgehead atoms. The second-order valence-corrected chi connectivity index (χ2v) is 9.55. The largest absolute Gasteiger partial charge is 0.0587 e. The molecule has 0 aromatic heterocycles. The fourth-order valence-electron chi connectivity index (χ4n) is 4.52. The molecule has 4 rings (SSSR count). The van der Waals surface area contributed by atoms with E-state index in [1.54, 1.807) is 11.1 Å². The van der Waals surface area contributed by atoms with E-state index >= 15 is 0 Å². The Bertz CT molecular complexity index is 985. The zero-order valence-corrected chi connectivity index (χ0v) is 17.0. The summed E-state index contributed by atoms with van der Waals surface area (Å²) in [7, 11) is 0. The molecule has 0 unspecified atom stereocenters. The molecule has 0 aliphatic heterocycles. The number of fused-ring (bicyclic) bond motifs is 2. The molecule has 1 aliphatic rings. The molecule has 3 aromatic carbocycles. The lowest BCUT2D eigenvalue weighted by Crippen LogP contribution is -2.33. The van der Waals surface area contributed by atoms with E-state index in [0.717, 1.165) is 0 Å². The van der Waals surface area contributed by atoms with Crippen molar-refractivity contribution in [1.82, 2.24) is 0 Å². The molecule has 0 nitrogen and oxygen atoms in total. The molecule has 0 heterocycles.